The minimum atomic E-state index is -4.40. The van der Waals surface area contributed by atoms with Crippen LogP contribution in [0.25, 0.3) is 10.9 Å². The summed E-state index contributed by atoms with van der Waals surface area (Å²) in [5.74, 6) is -1.50. The highest BCUT2D eigenvalue weighted by atomic mass is 19.4. The van der Waals surface area contributed by atoms with Crippen LogP contribution in [0.5, 0.6) is 0 Å². The molecule has 1 fully saturated rings. The fourth-order valence-electron chi connectivity index (χ4n) is 4.73. The van der Waals surface area contributed by atoms with Gasteiger partial charge in [-0.05, 0) is 75.3 Å². The summed E-state index contributed by atoms with van der Waals surface area (Å²) >= 11 is 0. The number of benzene rings is 2. The SMILES string of the molecule is CC(C)n1nc(C(=O)NC2CCC(C(=O)O)CC2)c2c(Cc3ccc(C(F)(F)F)cc3)cccc21. The Morgan fingerprint density at radius 2 is 1.74 bits per heavy atom. The van der Waals surface area contributed by atoms with E-state index in [1.54, 1.807) is 4.68 Å². The van der Waals surface area contributed by atoms with Gasteiger partial charge in [0.1, 0.15) is 0 Å². The quantitative estimate of drug-likeness (QED) is 0.474. The van der Waals surface area contributed by atoms with Crippen LogP contribution in [0.2, 0.25) is 0 Å². The van der Waals surface area contributed by atoms with Gasteiger partial charge in [-0.3, -0.25) is 14.3 Å². The minimum Gasteiger partial charge on any atom is -0.481 e. The second-order valence-electron chi connectivity index (χ2n) is 9.43. The number of carbonyl (C=O) groups excluding carboxylic acids is 1. The normalized spacial score (nSPS) is 18.7. The molecular weight excluding hydrogens is 459 g/mol. The predicted molar refractivity (Wildman–Crippen MR) is 125 cm³/mol. The highest BCUT2D eigenvalue weighted by Crippen LogP contribution is 2.31. The largest absolute Gasteiger partial charge is 0.481 e. The molecule has 0 radical (unpaired) electrons. The summed E-state index contributed by atoms with van der Waals surface area (Å²) in [5.41, 5.74) is 1.85. The molecule has 0 atom stereocenters. The Kier molecular flexibility index (Phi) is 6.87. The second-order valence-corrected chi connectivity index (χ2v) is 9.43. The topological polar surface area (TPSA) is 84.2 Å². The lowest BCUT2D eigenvalue weighted by Gasteiger charge is -2.26. The van der Waals surface area contributed by atoms with Crippen molar-refractivity contribution in [2.75, 3.05) is 0 Å². The molecule has 3 aromatic rings. The van der Waals surface area contributed by atoms with Crippen LogP contribution >= 0.6 is 0 Å². The van der Waals surface area contributed by atoms with Crippen LogP contribution in [0.4, 0.5) is 13.2 Å². The van der Waals surface area contributed by atoms with Crippen LogP contribution in [-0.2, 0) is 17.4 Å². The van der Waals surface area contributed by atoms with Crippen molar-refractivity contribution in [2.24, 2.45) is 5.92 Å². The number of nitrogens with zero attached hydrogens (tertiary/aromatic N) is 2. The third-order valence-electron chi connectivity index (χ3n) is 6.61. The van der Waals surface area contributed by atoms with Crippen LogP contribution in [-0.4, -0.2) is 32.8 Å². The summed E-state index contributed by atoms with van der Waals surface area (Å²) in [6.45, 7) is 3.92. The van der Waals surface area contributed by atoms with Crippen molar-refractivity contribution < 1.29 is 27.9 Å². The molecule has 0 bridgehead atoms. The number of aromatic nitrogens is 2. The fraction of sp³-hybridized carbons (Fsp3) is 0.423. The van der Waals surface area contributed by atoms with Gasteiger partial charge in [-0.2, -0.15) is 18.3 Å². The third-order valence-corrected chi connectivity index (χ3v) is 6.61. The molecule has 186 valence electrons. The van der Waals surface area contributed by atoms with E-state index >= 15 is 0 Å². The van der Waals surface area contributed by atoms with Crippen LogP contribution in [0, 0.1) is 5.92 Å². The number of carbonyl (C=O) groups is 2. The van der Waals surface area contributed by atoms with Crippen molar-refractivity contribution in [3.05, 3.63) is 64.8 Å². The van der Waals surface area contributed by atoms with E-state index in [0.717, 1.165) is 23.2 Å². The first-order chi connectivity index (χ1) is 16.5. The zero-order valence-corrected chi connectivity index (χ0v) is 19.6. The van der Waals surface area contributed by atoms with Crippen molar-refractivity contribution in [3.63, 3.8) is 0 Å². The monoisotopic (exact) mass is 487 g/mol. The summed E-state index contributed by atoms with van der Waals surface area (Å²) in [7, 11) is 0. The number of hydrogen-bond donors (Lipinski definition) is 2. The van der Waals surface area contributed by atoms with E-state index in [-0.39, 0.29) is 29.6 Å². The summed E-state index contributed by atoms with van der Waals surface area (Å²) in [5, 5.41) is 17.5. The highest BCUT2D eigenvalue weighted by Gasteiger charge is 2.31. The molecule has 1 heterocycles. The number of halogens is 3. The van der Waals surface area contributed by atoms with E-state index in [1.807, 2.05) is 32.0 Å². The molecule has 1 amide bonds. The number of carboxylic acids is 1. The lowest BCUT2D eigenvalue weighted by Crippen LogP contribution is -2.39. The van der Waals surface area contributed by atoms with E-state index < -0.39 is 17.7 Å². The number of alkyl halides is 3. The summed E-state index contributed by atoms with van der Waals surface area (Å²) in [6.07, 6.45) is -1.84. The number of nitrogens with one attached hydrogen (secondary N) is 1. The molecule has 2 aromatic carbocycles. The smallest absolute Gasteiger partial charge is 0.416 e. The molecule has 6 nitrogen and oxygen atoms in total. The van der Waals surface area contributed by atoms with Gasteiger partial charge in [0.25, 0.3) is 5.91 Å². The fourth-order valence-corrected chi connectivity index (χ4v) is 4.73. The molecule has 0 spiro atoms. The molecule has 0 saturated heterocycles. The second kappa shape index (κ2) is 9.71. The van der Waals surface area contributed by atoms with Crippen LogP contribution < -0.4 is 5.32 Å². The molecular formula is C26H28F3N3O3. The lowest BCUT2D eigenvalue weighted by atomic mass is 9.86. The average molecular weight is 488 g/mol. The van der Waals surface area contributed by atoms with Crippen molar-refractivity contribution in [1.29, 1.82) is 0 Å². The van der Waals surface area contributed by atoms with E-state index in [0.29, 0.717) is 43.1 Å². The maximum absolute atomic E-state index is 13.3. The molecule has 1 saturated carbocycles. The molecule has 1 aliphatic carbocycles. The van der Waals surface area contributed by atoms with Gasteiger partial charge in [0.15, 0.2) is 5.69 Å². The molecule has 0 unspecified atom stereocenters. The Morgan fingerprint density at radius 1 is 1.09 bits per heavy atom. The first-order valence-electron chi connectivity index (χ1n) is 11.7. The molecule has 4 rings (SSSR count). The molecule has 2 N–H and O–H groups in total. The maximum atomic E-state index is 13.3. The van der Waals surface area contributed by atoms with Gasteiger partial charge in [0, 0.05) is 17.5 Å². The van der Waals surface area contributed by atoms with E-state index in [4.69, 9.17) is 0 Å². The predicted octanol–water partition coefficient (Wildman–Crippen LogP) is 5.60. The number of fused-ring (bicyclic) bond motifs is 1. The van der Waals surface area contributed by atoms with E-state index in [1.165, 1.54) is 12.1 Å². The van der Waals surface area contributed by atoms with Crippen molar-refractivity contribution in [1.82, 2.24) is 15.1 Å². The summed E-state index contributed by atoms with van der Waals surface area (Å²) in [6, 6.07) is 10.5. The first kappa shape index (κ1) is 24.8. The number of carboxylic acid groups (broad SMARTS) is 1. The molecule has 0 aliphatic heterocycles. The van der Waals surface area contributed by atoms with E-state index in [2.05, 4.69) is 10.4 Å². The Labute approximate surface area is 201 Å². The van der Waals surface area contributed by atoms with Gasteiger partial charge in [-0.1, -0.05) is 24.3 Å². The summed E-state index contributed by atoms with van der Waals surface area (Å²) < 4.78 is 40.6. The number of amides is 1. The molecule has 1 aromatic heterocycles. The Bertz CT molecular complexity index is 1220. The lowest BCUT2D eigenvalue weighted by molar-refractivity contribution is -0.143. The van der Waals surface area contributed by atoms with Gasteiger partial charge < -0.3 is 10.4 Å². The van der Waals surface area contributed by atoms with Crippen LogP contribution in [0.1, 0.15) is 72.8 Å². The van der Waals surface area contributed by atoms with Crippen LogP contribution in [0.15, 0.2) is 42.5 Å². The van der Waals surface area contributed by atoms with Gasteiger partial charge >= 0.3 is 12.1 Å². The van der Waals surface area contributed by atoms with Gasteiger partial charge in [-0.25, -0.2) is 0 Å². The summed E-state index contributed by atoms with van der Waals surface area (Å²) in [4.78, 5) is 24.5. The molecule has 1 aliphatic rings. The third kappa shape index (κ3) is 5.33. The van der Waals surface area contributed by atoms with Crippen molar-refractivity contribution in [2.45, 2.75) is 64.2 Å². The maximum Gasteiger partial charge on any atom is 0.416 e. The highest BCUT2D eigenvalue weighted by molar-refractivity contribution is 6.06. The minimum absolute atomic E-state index is 0.00799. The zero-order valence-electron chi connectivity index (χ0n) is 19.6. The Morgan fingerprint density at radius 3 is 2.31 bits per heavy atom. The van der Waals surface area contributed by atoms with Gasteiger partial charge in [0.2, 0.25) is 0 Å². The van der Waals surface area contributed by atoms with Gasteiger partial charge in [-0.15, -0.1) is 0 Å². The Hall–Kier alpha value is -3.36. The van der Waals surface area contributed by atoms with Crippen LogP contribution in [0.3, 0.4) is 0 Å². The average Bonchev–Trinajstić information content (AvgIpc) is 3.20. The van der Waals surface area contributed by atoms with Crippen molar-refractivity contribution >= 4 is 22.8 Å². The number of rotatable bonds is 6. The standard InChI is InChI=1S/C26H28F3N3O3/c1-15(2)32-21-5-3-4-18(14-16-6-10-19(11-7-16)26(27,28)29)22(21)23(31-32)24(33)30-20-12-8-17(9-13-20)25(34)35/h3-7,10-11,15,17,20H,8-9,12-14H2,1-2H3,(H,30,33)(H,34,35). The number of aliphatic carboxylic acids is 1. The van der Waals surface area contributed by atoms with Crippen molar-refractivity contribution in [3.8, 4) is 0 Å². The number of hydrogen-bond acceptors (Lipinski definition) is 3. The van der Waals surface area contributed by atoms with Gasteiger partial charge in [0.05, 0.1) is 17.0 Å². The molecule has 9 heteroatoms. The molecule has 35 heavy (non-hydrogen) atoms. The Balaban J connectivity index is 1.63. The van der Waals surface area contributed by atoms with E-state index in [9.17, 15) is 27.9 Å². The zero-order chi connectivity index (χ0) is 25.3. The first-order valence-corrected chi connectivity index (χ1v) is 11.7.